The smallest absolute Gasteiger partial charge is 0.290 e. The van der Waals surface area contributed by atoms with E-state index >= 15 is 0 Å². The lowest BCUT2D eigenvalue weighted by atomic mass is 10.1. The van der Waals surface area contributed by atoms with Crippen molar-refractivity contribution in [2.75, 3.05) is 13.6 Å². The van der Waals surface area contributed by atoms with Crippen molar-refractivity contribution in [2.45, 2.75) is 37.9 Å². The van der Waals surface area contributed by atoms with Crippen LogP contribution in [-0.2, 0) is 16.1 Å². The van der Waals surface area contributed by atoms with Gasteiger partial charge in [-0.15, -0.1) is 11.3 Å². The number of likely N-dealkylation sites (N-methyl/N-ethyl adjacent to an activating group) is 1. The molecule has 2 aromatic heterocycles. The number of hydrogen-bond acceptors (Lipinski definition) is 6. The minimum absolute atomic E-state index is 0.0643. The van der Waals surface area contributed by atoms with E-state index in [0.29, 0.717) is 25.2 Å². The highest BCUT2D eigenvalue weighted by Crippen LogP contribution is 2.24. The number of imidazole rings is 1. The van der Waals surface area contributed by atoms with E-state index in [1.165, 1.54) is 22.6 Å². The van der Waals surface area contributed by atoms with Gasteiger partial charge in [-0.2, -0.15) is 0 Å². The first-order valence-corrected chi connectivity index (χ1v) is 11.2. The van der Waals surface area contributed by atoms with Gasteiger partial charge < -0.3 is 20.7 Å². The minimum atomic E-state index is -0.250. The number of H-pyrrole nitrogens is 1. The van der Waals surface area contributed by atoms with Gasteiger partial charge in [-0.3, -0.25) is 19.3 Å². The zero-order valence-electron chi connectivity index (χ0n) is 17.8. The third-order valence-electron chi connectivity index (χ3n) is 5.65. The lowest BCUT2D eigenvalue weighted by Crippen LogP contribution is -2.42. The Morgan fingerprint density at radius 1 is 1.28 bits per heavy atom. The summed E-state index contributed by atoms with van der Waals surface area (Å²) in [6.45, 7) is 0.859. The number of nitrogens with one attached hydrogen (secondary N) is 3. The fourth-order valence-electron chi connectivity index (χ4n) is 3.88. The van der Waals surface area contributed by atoms with Gasteiger partial charge in [0.05, 0.1) is 12.5 Å². The third-order valence-corrected chi connectivity index (χ3v) is 6.55. The molecule has 0 bridgehead atoms. The van der Waals surface area contributed by atoms with E-state index in [1.54, 1.807) is 11.3 Å². The van der Waals surface area contributed by atoms with Crippen LogP contribution in [-0.4, -0.2) is 63.9 Å². The van der Waals surface area contributed by atoms with Crippen LogP contribution in [0.3, 0.4) is 0 Å². The zero-order chi connectivity index (χ0) is 22.9. The van der Waals surface area contributed by atoms with Crippen LogP contribution in [0.2, 0.25) is 0 Å². The minimum Gasteiger partial charge on any atom is -0.483 e. The molecule has 9 nitrogen and oxygen atoms in total. The molecule has 2 amide bonds. The number of benzene rings is 1. The lowest BCUT2D eigenvalue weighted by molar-refractivity contribution is -0.123. The van der Waals surface area contributed by atoms with Gasteiger partial charge in [-0.1, -0.05) is 6.07 Å². The van der Waals surface area contributed by atoms with Crippen LogP contribution in [0.5, 0.6) is 0 Å². The maximum Gasteiger partial charge on any atom is 0.290 e. The molecule has 10 heteroatoms. The second kappa shape index (κ2) is 11.4. The van der Waals surface area contributed by atoms with Crippen molar-refractivity contribution in [1.82, 2.24) is 25.5 Å². The van der Waals surface area contributed by atoms with Crippen molar-refractivity contribution in [3.63, 3.8) is 0 Å². The standard InChI is InChI=1S/C21H25N5O2S.CH2O2/c1-26-16(3-4-17(26)11-24-21(28)18-12-22-13-25-18)9-20(27)23-10-14-2-5-19-15(8-14)6-7-29-19;2-1-3/h2,5-8,12-13,16-17H,3-4,9-11H2,1H3,(H,22,25)(H,23,27)(H,24,28);1H,(H,2,3)/t16-,17+;/m1./s1. The van der Waals surface area contributed by atoms with E-state index in [9.17, 15) is 9.59 Å². The highest BCUT2D eigenvalue weighted by atomic mass is 32.1. The summed E-state index contributed by atoms with van der Waals surface area (Å²) in [4.78, 5) is 41.7. The molecule has 3 aromatic rings. The quantitative estimate of drug-likeness (QED) is 0.403. The summed E-state index contributed by atoms with van der Waals surface area (Å²) in [7, 11) is 2.03. The molecule has 1 aliphatic heterocycles. The number of carbonyl (C=O) groups excluding carboxylic acids is 2. The summed E-state index contributed by atoms with van der Waals surface area (Å²) in [5.41, 5.74) is 1.57. The summed E-state index contributed by atoms with van der Waals surface area (Å²) in [5.74, 6) is -0.0888. The first-order chi connectivity index (χ1) is 15.5. The SMILES string of the molecule is CN1[C@@H](CC(=O)NCc2ccc3sccc3c2)CC[C@H]1CNC(=O)c1cnc[nH]1.O=CO. The largest absolute Gasteiger partial charge is 0.483 e. The molecule has 0 radical (unpaired) electrons. The molecule has 4 N–H and O–H groups in total. The molecule has 170 valence electrons. The van der Waals surface area contributed by atoms with Crippen LogP contribution >= 0.6 is 11.3 Å². The molecule has 0 saturated carbocycles. The van der Waals surface area contributed by atoms with Gasteiger partial charge in [0, 0.05) is 36.3 Å². The number of likely N-dealkylation sites (tertiary alicyclic amines) is 1. The zero-order valence-corrected chi connectivity index (χ0v) is 18.6. The first-order valence-electron chi connectivity index (χ1n) is 10.3. The number of hydrogen-bond donors (Lipinski definition) is 4. The third kappa shape index (κ3) is 6.14. The average molecular weight is 458 g/mol. The predicted molar refractivity (Wildman–Crippen MR) is 122 cm³/mol. The van der Waals surface area contributed by atoms with Gasteiger partial charge in [-0.05, 0) is 54.4 Å². The summed E-state index contributed by atoms with van der Waals surface area (Å²) >= 11 is 1.72. The molecule has 4 rings (SSSR count). The van der Waals surface area contributed by atoms with Crippen LogP contribution in [0.4, 0.5) is 0 Å². The monoisotopic (exact) mass is 457 g/mol. The Hall–Kier alpha value is -3.24. The van der Waals surface area contributed by atoms with Gasteiger partial charge in [0.2, 0.25) is 5.91 Å². The lowest BCUT2D eigenvalue weighted by Gasteiger charge is -2.25. The Labute approximate surface area is 189 Å². The van der Waals surface area contributed by atoms with Crippen molar-refractivity contribution in [1.29, 1.82) is 0 Å². The molecule has 2 atom stereocenters. The van der Waals surface area contributed by atoms with E-state index in [0.717, 1.165) is 18.4 Å². The highest BCUT2D eigenvalue weighted by Gasteiger charge is 2.31. The summed E-state index contributed by atoms with van der Waals surface area (Å²) in [6, 6.07) is 8.84. The Bertz CT molecular complexity index is 1040. The van der Waals surface area contributed by atoms with Gasteiger partial charge >= 0.3 is 0 Å². The number of carboxylic acid groups (broad SMARTS) is 1. The number of amides is 2. The van der Waals surface area contributed by atoms with Crippen LogP contribution < -0.4 is 10.6 Å². The van der Waals surface area contributed by atoms with Crippen LogP contribution in [0.15, 0.2) is 42.2 Å². The second-order valence-corrected chi connectivity index (χ2v) is 8.55. The first kappa shape index (κ1) is 23.4. The van der Waals surface area contributed by atoms with Crippen molar-refractivity contribution in [2.24, 2.45) is 0 Å². The van der Waals surface area contributed by atoms with E-state index < -0.39 is 0 Å². The number of fused-ring (bicyclic) bond motifs is 1. The molecular formula is C22H27N5O4S. The van der Waals surface area contributed by atoms with Gasteiger partial charge in [-0.25, -0.2) is 4.98 Å². The van der Waals surface area contributed by atoms with Crippen molar-refractivity contribution >= 4 is 39.7 Å². The summed E-state index contributed by atoms with van der Waals surface area (Å²) in [5, 5.41) is 16.2. The number of aromatic amines is 1. The Kier molecular flexibility index (Phi) is 8.34. The molecule has 0 aliphatic carbocycles. The van der Waals surface area contributed by atoms with E-state index in [1.807, 2.05) is 7.05 Å². The number of rotatable bonds is 7. The number of thiophene rings is 1. The molecule has 0 spiro atoms. The van der Waals surface area contributed by atoms with Crippen LogP contribution in [0.1, 0.15) is 35.3 Å². The fourth-order valence-corrected chi connectivity index (χ4v) is 4.65. The van der Waals surface area contributed by atoms with E-state index in [4.69, 9.17) is 9.90 Å². The number of aromatic nitrogens is 2. The van der Waals surface area contributed by atoms with Crippen molar-refractivity contribution in [3.8, 4) is 0 Å². The molecule has 32 heavy (non-hydrogen) atoms. The average Bonchev–Trinajstić information content (AvgIpc) is 3.54. The number of nitrogens with zero attached hydrogens (tertiary/aromatic N) is 2. The normalized spacial score (nSPS) is 18.0. The van der Waals surface area contributed by atoms with Crippen LogP contribution in [0.25, 0.3) is 10.1 Å². The van der Waals surface area contributed by atoms with Crippen molar-refractivity contribution < 1.29 is 19.5 Å². The van der Waals surface area contributed by atoms with E-state index in [-0.39, 0.29) is 30.4 Å². The highest BCUT2D eigenvalue weighted by molar-refractivity contribution is 7.17. The Morgan fingerprint density at radius 2 is 2.06 bits per heavy atom. The molecule has 1 aromatic carbocycles. The molecular weight excluding hydrogens is 430 g/mol. The molecule has 1 aliphatic rings. The second-order valence-electron chi connectivity index (χ2n) is 7.60. The molecule has 1 fully saturated rings. The topological polar surface area (TPSA) is 127 Å². The Balaban J connectivity index is 0.000000913. The molecule has 3 heterocycles. The summed E-state index contributed by atoms with van der Waals surface area (Å²) < 4.78 is 1.26. The number of carbonyl (C=O) groups is 3. The van der Waals surface area contributed by atoms with Crippen molar-refractivity contribution in [3.05, 3.63) is 53.4 Å². The maximum absolute atomic E-state index is 12.4. The van der Waals surface area contributed by atoms with Gasteiger partial charge in [0.25, 0.3) is 12.4 Å². The summed E-state index contributed by atoms with van der Waals surface area (Å²) in [6.07, 6.45) is 5.39. The van der Waals surface area contributed by atoms with E-state index in [2.05, 4.69) is 55.1 Å². The van der Waals surface area contributed by atoms with Crippen LogP contribution in [0, 0.1) is 0 Å². The van der Waals surface area contributed by atoms with Gasteiger partial charge in [0.15, 0.2) is 0 Å². The molecule has 0 unspecified atom stereocenters. The van der Waals surface area contributed by atoms with Gasteiger partial charge in [0.1, 0.15) is 5.69 Å². The maximum atomic E-state index is 12.4. The fraction of sp³-hybridized carbons (Fsp3) is 0.364. The molecule has 1 saturated heterocycles. The Morgan fingerprint density at radius 3 is 2.81 bits per heavy atom. The predicted octanol–water partition coefficient (Wildman–Crippen LogP) is 2.22.